The molecule has 1 atom stereocenters. The van der Waals surface area contributed by atoms with Gasteiger partial charge in [-0.15, -0.1) is 0 Å². The van der Waals surface area contributed by atoms with E-state index in [1.54, 1.807) is 4.90 Å². The average Bonchev–Trinajstić information content (AvgIpc) is 2.53. The van der Waals surface area contributed by atoms with Gasteiger partial charge in [-0.2, -0.15) is 0 Å². The highest BCUT2D eigenvalue weighted by Crippen LogP contribution is 2.40. The van der Waals surface area contributed by atoms with Gasteiger partial charge in [0.1, 0.15) is 5.75 Å². The average molecular weight is 318 g/mol. The van der Waals surface area contributed by atoms with Gasteiger partial charge in [0.15, 0.2) is 5.60 Å². The van der Waals surface area contributed by atoms with E-state index in [-0.39, 0.29) is 11.8 Å². The number of rotatable bonds is 5. The number of hydrogen-bond donors (Lipinski definition) is 1. The highest BCUT2D eigenvalue weighted by Gasteiger charge is 2.43. The molecule has 0 saturated carbocycles. The number of aryl methyl sites for hydroxylation is 2. The van der Waals surface area contributed by atoms with Crippen LogP contribution in [-0.2, 0) is 9.59 Å². The second-order valence-corrected chi connectivity index (χ2v) is 6.25. The normalized spacial score (nSPS) is 20.0. The SMILES string of the molecule is CCC(=O)NCCN1C(=O)C(C)(CC)Oc2cc(C)c(C)cc21. The number of nitrogens with one attached hydrogen (secondary N) is 1. The van der Waals surface area contributed by atoms with Gasteiger partial charge >= 0.3 is 0 Å². The van der Waals surface area contributed by atoms with Gasteiger partial charge in [-0.1, -0.05) is 13.8 Å². The molecule has 1 unspecified atom stereocenters. The fourth-order valence-electron chi connectivity index (χ4n) is 2.63. The lowest BCUT2D eigenvalue weighted by Crippen LogP contribution is -2.55. The van der Waals surface area contributed by atoms with E-state index in [1.165, 1.54) is 0 Å². The molecule has 1 N–H and O–H groups in total. The molecule has 0 bridgehead atoms. The van der Waals surface area contributed by atoms with E-state index in [0.717, 1.165) is 22.6 Å². The number of anilines is 1. The Morgan fingerprint density at radius 1 is 1.26 bits per heavy atom. The summed E-state index contributed by atoms with van der Waals surface area (Å²) in [6, 6.07) is 3.97. The van der Waals surface area contributed by atoms with E-state index in [0.29, 0.717) is 25.9 Å². The Morgan fingerprint density at radius 2 is 1.91 bits per heavy atom. The number of nitrogens with zero attached hydrogens (tertiary/aromatic N) is 1. The fourth-order valence-corrected chi connectivity index (χ4v) is 2.63. The van der Waals surface area contributed by atoms with Gasteiger partial charge in [0, 0.05) is 19.5 Å². The van der Waals surface area contributed by atoms with Gasteiger partial charge in [0.2, 0.25) is 5.91 Å². The topological polar surface area (TPSA) is 58.6 Å². The monoisotopic (exact) mass is 318 g/mol. The summed E-state index contributed by atoms with van der Waals surface area (Å²) in [5.41, 5.74) is 2.18. The van der Waals surface area contributed by atoms with Crippen LogP contribution >= 0.6 is 0 Å². The van der Waals surface area contributed by atoms with Crippen molar-refractivity contribution in [1.29, 1.82) is 0 Å². The second kappa shape index (κ2) is 6.60. The first-order chi connectivity index (χ1) is 10.8. The lowest BCUT2D eigenvalue weighted by Gasteiger charge is -2.40. The molecule has 0 spiro atoms. The molecule has 2 amide bonds. The van der Waals surface area contributed by atoms with Gasteiger partial charge in [0.05, 0.1) is 5.69 Å². The van der Waals surface area contributed by atoms with Crippen LogP contribution in [0.3, 0.4) is 0 Å². The van der Waals surface area contributed by atoms with Gasteiger partial charge in [-0.3, -0.25) is 9.59 Å². The number of carbonyl (C=O) groups excluding carboxylic acids is 2. The second-order valence-electron chi connectivity index (χ2n) is 6.25. The van der Waals surface area contributed by atoms with Gasteiger partial charge in [-0.25, -0.2) is 0 Å². The molecule has 126 valence electrons. The van der Waals surface area contributed by atoms with Crippen molar-refractivity contribution in [3.05, 3.63) is 23.3 Å². The van der Waals surface area contributed by atoms with Crippen LogP contribution in [0, 0.1) is 13.8 Å². The first-order valence-corrected chi connectivity index (χ1v) is 8.21. The molecule has 5 heteroatoms. The van der Waals surface area contributed by atoms with Gasteiger partial charge in [-0.05, 0) is 50.5 Å². The van der Waals surface area contributed by atoms with Gasteiger partial charge < -0.3 is 15.0 Å². The Morgan fingerprint density at radius 3 is 2.52 bits per heavy atom. The summed E-state index contributed by atoms with van der Waals surface area (Å²) in [5, 5.41) is 2.83. The van der Waals surface area contributed by atoms with E-state index >= 15 is 0 Å². The zero-order chi connectivity index (χ0) is 17.2. The molecule has 1 aromatic rings. The summed E-state index contributed by atoms with van der Waals surface area (Å²) >= 11 is 0. The Hall–Kier alpha value is -2.04. The fraction of sp³-hybridized carbons (Fsp3) is 0.556. The van der Waals surface area contributed by atoms with Crippen LogP contribution in [0.4, 0.5) is 5.69 Å². The van der Waals surface area contributed by atoms with E-state index in [9.17, 15) is 9.59 Å². The number of fused-ring (bicyclic) bond motifs is 1. The van der Waals surface area contributed by atoms with Crippen LogP contribution in [0.2, 0.25) is 0 Å². The van der Waals surface area contributed by atoms with Crippen molar-refractivity contribution >= 4 is 17.5 Å². The third kappa shape index (κ3) is 3.33. The predicted molar refractivity (Wildman–Crippen MR) is 90.9 cm³/mol. The van der Waals surface area contributed by atoms with Crippen LogP contribution in [-0.4, -0.2) is 30.5 Å². The minimum absolute atomic E-state index is 0.00993. The standard InChI is InChI=1S/C18H26N2O3/c1-6-16(21)19-8-9-20-14-10-12(3)13(4)11-15(14)23-18(5,7-2)17(20)22/h10-11H,6-9H2,1-5H3,(H,19,21). The van der Waals surface area contributed by atoms with Crippen LogP contribution in [0.15, 0.2) is 12.1 Å². The molecule has 1 aromatic carbocycles. The largest absolute Gasteiger partial charge is 0.476 e. The maximum Gasteiger partial charge on any atom is 0.271 e. The van der Waals surface area contributed by atoms with Crippen molar-refractivity contribution in [3.63, 3.8) is 0 Å². The van der Waals surface area contributed by atoms with Crippen molar-refractivity contribution in [2.45, 2.75) is 53.1 Å². The molecule has 0 fully saturated rings. The zero-order valence-electron chi connectivity index (χ0n) is 14.7. The minimum Gasteiger partial charge on any atom is -0.476 e. The molecule has 1 aliphatic rings. The minimum atomic E-state index is -0.858. The maximum absolute atomic E-state index is 12.9. The number of hydrogen-bond acceptors (Lipinski definition) is 3. The Labute approximate surface area is 138 Å². The summed E-state index contributed by atoms with van der Waals surface area (Å²) < 4.78 is 6.02. The number of amides is 2. The molecule has 0 aliphatic carbocycles. The van der Waals surface area contributed by atoms with Crippen molar-refractivity contribution in [2.75, 3.05) is 18.0 Å². The Bertz CT molecular complexity index is 627. The summed E-state index contributed by atoms with van der Waals surface area (Å²) in [4.78, 5) is 26.0. The Balaban J connectivity index is 2.33. The van der Waals surface area contributed by atoms with Crippen LogP contribution < -0.4 is 15.0 Å². The van der Waals surface area contributed by atoms with Crippen molar-refractivity contribution in [3.8, 4) is 5.75 Å². The summed E-state index contributed by atoms with van der Waals surface area (Å²) in [6.45, 7) is 10.5. The quantitative estimate of drug-likeness (QED) is 0.908. The summed E-state index contributed by atoms with van der Waals surface area (Å²) in [5.74, 6) is 0.671. The predicted octanol–water partition coefficient (Wildman–Crippen LogP) is 2.72. The van der Waals surface area contributed by atoms with Crippen LogP contribution in [0.1, 0.15) is 44.7 Å². The number of ether oxygens (including phenoxy) is 1. The third-order valence-electron chi connectivity index (χ3n) is 4.55. The molecule has 1 aliphatic heterocycles. The van der Waals surface area contributed by atoms with E-state index < -0.39 is 5.60 Å². The molecular weight excluding hydrogens is 292 g/mol. The smallest absolute Gasteiger partial charge is 0.271 e. The molecule has 2 rings (SSSR count). The molecular formula is C18H26N2O3. The lowest BCUT2D eigenvalue weighted by atomic mass is 9.96. The highest BCUT2D eigenvalue weighted by atomic mass is 16.5. The zero-order valence-corrected chi connectivity index (χ0v) is 14.7. The third-order valence-corrected chi connectivity index (χ3v) is 4.55. The van der Waals surface area contributed by atoms with E-state index in [2.05, 4.69) is 5.32 Å². The molecule has 0 saturated heterocycles. The maximum atomic E-state index is 12.9. The van der Waals surface area contributed by atoms with Crippen LogP contribution in [0.25, 0.3) is 0 Å². The van der Waals surface area contributed by atoms with Gasteiger partial charge in [0.25, 0.3) is 5.91 Å². The molecule has 5 nitrogen and oxygen atoms in total. The van der Waals surface area contributed by atoms with E-state index in [1.807, 2.05) is 46.8 Å². The molecule has 0 aromatic heterocycles. The van der Waals surface area contributed by atoms with Crippen molar-refractivity contribution in [1.82, 2.24) is 5.32 Å². The van der Waals surface area contributed by atoms with E-state index in [4.69, 9.17) is 4.74 Å². The Kier molecular flexibility index (Phi) is 4.97. The first-order valence-electron chi connectivity index (χ1n) is 8.21. The van der Waals surface area contributed by atoms with Crippen molar-refractivity contribution in [2.24, 2.45) is 0 Å². The first kappa shape index (κ1) is 17.3. The number of benzene rings is 1. The van der Waals surface area contributed by atoms with Crippen LogP contribution in [0.5, 0.6) is 5.75 Å². The molecule has 1 heterocycles. The lowest BCUT2D eigenvalue weighted by molar-refractivity contribution is -0.134. The molecule has 23 heavy (non-hydrogen) atoms. The number of carbonyl (C=O) groups is 2. The summed E-state index contributed by atoms with van der Waals surface area (Å²) in [7, 11) is 0. The summed E-state index contributed by atoms with van der Waals surface area (Å²) in [6.07, 6.45) is 1.04. The molecule has 0 radical (unpaired) electrons. The highest BCUT2D eigenvalue weighted by molar-refractivity contribution is 6.02. The van der Waals surface area contributed by atoms with Crippen molar-refractivity contribution < 1.29 is 14.3 Å².